The third-order valence-corrected chi connectivity index (χ3v) is 5.09. The number of rotatable bonds is 7. The van der Waals surface area contributed by atoms with E-state index in [4.69, 9.17) is 17.0 Å². The lowest BCUT2D eigenvalue weighted by Crippen LogP contribution is -2.50. The number of unbranched alkanes of at least 4 members (excludes halogenated alkanes) is 1. The van der Waals surface area contributed by atoms with Crippen molar-refractivity contribution >= 4 is 29.0 Å². The number of piperazine rings is 1. The summed E-state index contributed by atoms with van der Waals surface area (Å²) in [6.07, 6.45) is 3.72. The smallest absolute Gasteiger partial charge is 0.256 e. The number of benzene rings is 1. The SMILES string of the molecule is CCCCN1CCN(c2ccc(-n3cc(CNC(=S)OC)nn3)cc2F)CC1=O. The number of thiocarbonyl (C=S) groups is 1. The van der Waals surface area contributed by atoms with Crippen molar-refractivity contribution in [2.24, 2.45) is 0 Å². The molecule has 1 fully saturated rings. The third-order valence-electron chi connectivity index (χ3n) is 4.78. The van der Waals surface area contributed by atoms with Crippen LogP contribution in [0.25, 0.3) is 5.69 Å². The van der Waals surface area contributed by atoms with Gasteiger partial charge in [0.25, 0.3) is 5.17 Å². The van der Waals surface area contributed by atoms with Crippen molar-refractivity contribution in [2.45, 2.75) is 26.3 Å². The molecule has 10 heteroatoms. The van der Waals surface area contributed by atoms with Crippen LogP contribution in [-0.2, 0) is 16.1 Å². The standard InChI is InChI=1S/C19H25FN6O2S/c1-3-4-7-24-8-9-25(13-18(24)27)17-6-5-15(10-16(17)20)26-12-14(22-23-26)11-21-19(29)28-2/h5-6,10,12H,3-4,7-9,11,13H2,1-2H3,(H,21,29). The number of hydrogen-bond acceptors (Lipinski definition) is 6. The maximum atomic E-state index is 14.8. The number of methoxy groups -OCH3 is 1. The van der Waals surface area contributed by atoms with Gasteiger partial charge < -0.3 is 19.9 Å². The molecule has 1 aliphatic heterocycles. The van der Waals surface area contributed by atoms with Crippen LogP contribution >= 0.6 is 12.2 Å². The van der Waals surface area contributed by atoms with Gasteiger partial charge in [-0.05, 0) is 30.8 Å². The highest BCUT2D eigenvalue weighted by molar-refractivity contribution is 7.80. The average molecular weight is 421 g/mol. The number of hydrogen-bond donors (Lipinski definition) is 1. The molecule has 3 rings (SSSR count). The van der Waals surface area contributed by atoms with Crippen molar-refractivity contribution in [1.29, 1.82) is 0 Å². The summed E-state index contributed by atoms with van der Waals surface area (Å²) in [4.78, 5) is 16.0. The molecule has 2 heterocycles. The molecular formula is C19H25FN6O2S. The van der Waals surface area contributed by atoms with E-state index in [-0.39, 0.29) is 17.6 Å². The van der Waals surface area contributed by atoms with Gasteiger partial charge in [-0.25, -0.2) is 9.07 Å². The maximum absolute atomic E-state index is 14.8. The van der Waals surface area contributed by atoms with Gasteiger partial charge >= 0.3 is 0 Å². The van der Waals surface area contributed by atoms with Gasteiger partial charge in [-0.1, -0.05) is 18.6 Å². The number of nitrogens with one attached hydrogen (secondary N) is 1. The number of carbonyl (C=O) groups excluding carboxylic acids is 1. The molecule has 0 saturated carbocycles. The molecule has 1 amide bonds. The lowest BCUT2D eigenvalue weighted by molar-refractivity contribution is -0.131. The molecule has 0 spiro atoms. The molecule has 0 radical (unpaired) electrons. The predicted octanol–water partition coefficient (Wildman–Crippen LogP) is 1.88. The molecule has 0 bridgehead atoms. The first kappa shape index (κ1) is 21.0. The fraction of sp³-hybridized carbons (Fsp3) is 0.474. The second kappa shape index (κ2) is 9.64. The van der Waals surface area contributed by atoms with Gasteiger partial charge in [-0.3, -0.25) is 4.79 Å². The molecule has 1 aromatic carbocycles. The van der Waals surface area contributed by atoms with E-state index in [0.717, 1.165) is 19.4 Å². The van der Waals surface area contributed by atoms with E-state index in [2.05, 4.69) is 22.6 Å². The normalized spacial score (nSPS) is 14.2. The number of nitrogens with zero attached hydrogens (tertiary/aromatic N) is 5. The molecule has 1 saturated heterocycles. The molecular weight excluding hydrogens is 395 g/mol. The van der Waals surface area contributed by atoms with Crippen LogP contribution in [0.1, 0.15) is 25.5 Å². The average Bonchev–Trinajstić information content (AvgIpc) is 3.20. The molecule has 0 unspecified atom stereocenters. The van der Waals surface area contributed by atoms with Gasteiger partial charge in [0.15, 0.2) is 0 Å². The molecule has 0 aliphatic carbocycles. The van der Waals surface area contributed by atoms with Crippen LogP contribution in [0.2, 0.25) is 0 Å². The summed E-state index contributed by atoms with van der Waals surface area (Å²) in [6, 6.07) is 4.84. The lowest BCUT2D eigenvalue weighted by Gasteiger charge is -2.35. The van der Waals surface area contributed by atoms with Crippen molar-refractivity contribution in [2.75, 3.05) is 38.2 Å². The quantitative estimate of drug-likeness (QED) is 0.686. The van der Waals surface area contributed by atoms with Crippen LogP contribution in [0.15, 0.2) is 24.4 Å². The van der Waals surface area contributed by atoms with E-state index >= 15 is 0 Å². The van der Waals surface area contributed by atoms with E-state index in [0.29, 0.717) is 36.7 Å². The number of amides is 1. The molecule has 2 aromatic rings. The molecule has 8 nitrogen and oxygen atoms in total. The Hall–Kier alpha value is -2.75. The second-order valence-corrected chi connectivity index (χ2v) is 7.16. The first-order valence-electron chi connectivity index (χ1n) is 9.57. The van der Waals surface area contributed by atoms with E-state index < -0.39 is 5.82 Å². The Morgan fingerprint density at radius 2 is 2.21 bits per heavy atom. The third kappa shape index (κ3) is 5.20. The summed E-state index contributed by atoms with van der Waals surface area (Å²) in [7, 11) is 1.48. The fourth-order valence-electron chi connectivity index (χ4n) is 3.13. The van der Waals surface area contributed by atoms with Crippen LogP contribution in [-0.4, -0.2) is 64.3 Å². The summed E-state index contributed by atoms with van der Waals surface area (Å²) in [5, 5.41) is 11.2. The Kier molecular flexibility index (Phi) is 6.97. The van der Waals surface area contributed by atoms with E-state index in [9.17, 15) is 9.18 Å². The van der Waals surface area contributed by atoms with Gasteiger partial charge in [0.1, 0.15) is 11.5 Å². The molecule has 0 atom stereocenters. The Labute approximate surface area is 174 Å². The van der Waals surface area contributed by atoms with E-state index in [1.165, 1.54) is 17.9 Å². The molecule has 156 valence electrons. The number of anilines is 1. The summed E-state index contributed by atoms with van der Waals surface area (Å²) in [5.74, 6) is -0.358. The summed E-state index contributed by atoms with van der Waals surface area (Å²) in [6.45, 7) is 4.65. The first-order chi connectivity index (χ1) is 14.0. The zero-order chi connectivity index (χ0) is 20.8. The predicted molar refractivity (Wildman–Crippen MR) is 111 cm³/mol. The van der Waals surface area contributed by atoms with Crippen molar-refractivity contribution < 1.29 is 13.9 Å². The molecule has 1 aromatic heterocycles. The van der Waals surface area contributed by atoms with Crippen LogP contribution in [0.4, 0.5) is 10.1 Å². The Balaban J connectivity index is 1.66. The van der Waals surface area contributed by atoms with Crippen molar-refractivity contribution in [3.63, 3.8) is 0 Å². The Morgan fingerprint density at radius 3 is 2.90 bits per heavy atom. The molecule has 1 aliphatic rings. The lowest BCUT2D eigenvalue weighted by atomic mass is 10.2. The van der Waals surface area contributed by atoms with Gasteiger partial charge in [0.05, 0.1) is 37.8 Å². The minimum absolute atomic E-state index is 0.0376. The van der Waals surface area contributed by atoms with Crippen molar-refractivity contribution in [3.8, 4) is 5.69 Å². The minimum Gasteiger partial charge on any atom is -0.474 e. The number of halogens is 1. The fourth-order valence-corrected chi connectivity index (χ4v) is 3.21. The molecule has 1 N–H and O–H groups in total. The Bertz CT molecular complexity index is 874. The largest absolute Gasteiger partial charge is 0.474 e. The van der Waals surface area contributed by atoms with Crippen molar-refractivity contribution in [1.82, 2.24) is 25.2 Å². The van der Waals surface area contributed by atoms with E-state index in [1.54, 1.807) is 23.2 Å². The number of aromatic nitrogens is 3. The van der Waals surface area contributed by atoms with Crippen LogP contribution in [0.3, 0.4) is 0 Å². The minimum atomic E-state index is -0.395. The van der Waals surface area contributed by atoms with E-state index in [1.807, 2.05) is 4.90 Å². The number of carbonyl (C=O) groups is 1. The van der Waals surface area contributed by atoms with Crippen molar-refractivity contribution in [3.05, 3.63) is 35.9 Å². The van der Waals surface area contributed by atoms with Gasteiger partial charge in [-0.15, -0.1) is 5.10 Å². The van der Waals surface area contributed by atoms with Crippen LogP contribution in [0, 0.1) is 5.82 Å². The Morgan fingerprint density at radius 1 is 1.38 bits per heavy atom. The molecule has 29 heavy (non-hydrogen) atoms. The highest BCUT2D eigenvalue weighted by Gasteiger charge is 2.25. The van der Waals surface area contributed by atoms with Gasteiger partial charge in [0, 0.05) is 25.7 Å². The highest BCUT2D eigenvalue weighted by Crippen LogP contribution is 2.24. The first-order valence-corrected chi connectivity index (χ1v) is 9.98. The summed E-state index contributed by atoms with van der Waals surface area (Å²) >= 11 is 4.91. The topological polar surface area (TPSA) is 75.5 Å². The maximum Gasteiger partial charge on any atom is 0.256 e. The zero-order valence-electron chi connectivity index (χ0n) is 16.6. The van der Waals surface area contributed by atoms with Crippen LogP contribution < -0.4 is 10.2 Å². The van der Waals surface area contributed by atoms with Gasteiger partial charge in [-0.2, -0.15) is 0 Å². The summed E-state index contributed by atoms with van der Waals surface area (Å²) in [5.41, 5.74) is 1.61. The van der Waals surface area contributed by atoms with Crippen LogP contribution in [0.5, 0.6) is 0 Å². The highest BCUT2D eigenvalue weighted by atomic mass is 32.1. The van der Waals surface area contributed by atoms with Gasteiger partial charge in [0.2, 0.25) is 5.91 Å². The summed E-state index contributed by atoms with van der Waals surface area (Å²) < 4.78 is 21.1. The number of ether oxygens (including phenoxy) is 1. The zero-order valence-corrected chi connectivity index (χ0v) is 17.4. The second-order valence-electron chi connectivity index (χ2n) is 6.79. The monoisotopic (exact) mass is 420 g/mol.